The Morgan fingerprint density at radius 3 is 2.25 bits per heavy atom. The molecule has 4 aromatic carbocycles. The van der Waals surface area contributed by atoms with Gasteiger partial charge in [-0.15, -0.1) is 0 Å². The number of pyridine rings is 1. The molecule has 8 nitrogen and oxygen atoms in total. The lowest BCUT2D eigenvalue weighted by Gasteiger charge is -2.20. The van der Waals surface area contributed by atoms with E-state index in [1.165, 1.54) is 12.1 Å². The Morgan fingerprint density at radius 1 is 0.833 bits per heavy atom. The monoisotopic (exact) mass is 674 g/mol. The van der Waals surface area contributed by atoms with Gasteiger partial charge >= 0.3 is 6.18 Å². The Labute approximate surface area is 276 Å². The molecule has 1 aromatic heterocycles. The fourth-order valence-corrected chi connectivity index (χ4v) is 6.32. The molecule has 0 aliphatic carbocycles. The molecule has 0 bridgehead atoms. The van der Waals surface area contributed by atoms with Crippen molar-refractivity contribution in [2.45, 2.75) is 32.0 Å². The number of hydrogen-bond acceptors (Lipinski definition) is 5. The number of sulfonamides is 1. The molecule has 0 fully saturated rings. The van der Waals surface area contributed by atoms with Gasteiger partial charge in [-0.3, -0.25) is 9.59 Å². The quantitative estimate of drug-likeness (QED) is 0.128. The first-order valence-corrected chi connectivity index (χ1v) is 16.9. The summed E-state index contributed by atoms with van der Waals surface area (Å²) in [6, 6.07) is 27.8. The van der Waals surface area contributed by atoms with Crippen molar-refractivity contribution in [3.05, 3.63) is 131 Å². The highest BCUT2D eigenvalue weighted by Crippen LogP contribution is 2.32. The summed E-state index contributed by atoms with van der Waals surface area (Å²) >= 11 is 0. The lowest BCUT2D eigenvalue weighted by Crippen LogP contribution is -2.38. The summed E-state index contributed by atoms with van der Waals surface area (Å²) < 4.78 is 66.6. The van der Waals surface area contributed by atoms with Crippen LogP contribution >= 0.6 is 0 Å². The van der Waals surface area contributed by atoms with E-state index in [2.05, 4.69) is 20.3 Å². The number of fused-ring (bicyclic) bond motifs is 1. The molecule has 0 saturated carbocycles. The maximum atomic E-state index is 13.3. The third-order valence-corrected chi connectivity index (χ3v) is 9.10. The molecule has 5 rings (SSSR count). The minimum Gasteiger partial charge on any atom is -0.344 e. The fourth-order valence-electron chi connectivity index (χ4n) is 5.09. The second-order valence-electron chi connectivity index (χ2n) is 11.1. The third kappa shape index (κ3) is 8.64. The van der Waals surface area contributed by atoms with Crippen LogP contribution in [0.15, 0.2) is 109 Å². The lowest BCUT2D eigenvalue weighted by molar-refractivity contribution is -0.137. The Bertz CT molecular complexity index is 2020. The maximum absolute atomic E-state index is 13.3. The van der Waals surface area contributed by atoms with Crippen LogP contribution in [0.2, 0.25) is 0 Å². The summed E-state index contributed by atoms with van der Waals surface area (Å²) in [6.07, 6.45) is -3.20. The Morgan fingerprint density at radius 2 is 1.54 bits per heavy atom. The van der Waals surface area contributed by atoms with Gasteiger partial charge in [0.05, 0.1) is 22.9 Å². The zero-order chi connectivity index (χ0) is 34.3. The van der Waals surface area contributed by atoms with Gasteiger partial charge in [0.1, 0.15) is 5.82 Å². The summed E-state index contributed by atoms with van der Waals surface area (Å²) in [5, 5.41) is 6.31. The van der Waals surface area contributed by atoms with Crippen molar-refractivity contribution >= 4 is 38.6 Å². The molecule has 0 aliphatic rings. The Balaban J connectivity index is 1.30. The van der Waals surface area contributed by atoms with Crippen molar-refractivity contribution in [1.29, 1.82) is 0 Å². The normalized spacial score (nSPS) is 12.4. The van der Waals surface area contributed by atoms with E-state index in [0.29, 0.717) is 34.0 Å². The van der Waals surface area contributed by atoms with Gasteiger partial charge in [-0.05, 0) is 71.6 Å². The van der Waals surface area contributed by atoms with Gasteiger partial charge in [-0.2, -0.15) is 13.2 Å². The Kier molecular flexibility index (Phi) is 10.6. The number of amides is 2. The van der Waals surface area contributed by atoms with Crippen LogP contribution in [-0.4, -0.2) is 37.5 Å². The van der Waals surface area contributed by atoms with Gasteiger partial charge in [0.2, 0.25) is 10.0 Å². The van der Waals surface area contributed by atoms with Crippen molar-refractivity contribution < 1.29 is 31.2 Å². The number of nitrogens with zero attached hydrogens (tertiary/aromatic N) is 1. The first-order valence-electron chi connectivity index (χ1n) is 15.3. The predicted molar refractivity (Wildman–Crippen MR) is 180 cm³/mol. The summed E-state index contributed by atoms with van der Waals surface area (Å²) in [5.74, 6) is -0.655. The first kappa shape index (κ1) is 34.3. The second kappa shape index (κ2) is 14.8. The molecule has 0 spiro atoms. The molecule has 48 heavy (non-hydrogen) atoms. The molecular weight excluding hydrogens is 641 g/mol. The molecule has 5 aromatic rings. The van der Waals surface area contributed by atoms with E-state index >= 15 is 0 Å². The van der Waals surface area contributed by atoms with Crippen molar-refractivity contribution in [2.24, 2.45) is 0 Å². The van der Waals surface area contributed by atoms with Crippen LogP contribution in [0.1, 0.15) is 57.7 Å². The number of aromatic nitrogens is 1. The predicted octanol–water partition coefficient (Wildman–Crippen LogP) is 7.36. The van der Waals surface area contributed by atoms with E-state index in [0.717, 1.165) is 24.1 Å². The third-order valence-electron chi connectivity index (χ3n) is 7.67. The average molecular weight is 675 g/mol. The highest BCUT2D eigenvalue weighted by molar-refractivity contribution is 7.89. The van der Waals surface area contributed by atoms with Gasteiger partial charge in [0.25, 0.3) is 11.8 Å². The van der Waals surface area contributed by atoms with E-state index in [1.807, 2.05) is 37.3 Å². The molecule has 0 unspecified atom stereocenters. The standard InChI is InChI=1S/C36H33F3N4O4S/c1-2-3-21-48(46,47)40-23-32(25-9-5-4-6-10-25)42-34(44)27-15-19-31-26(22-27)16-20-33(41-31)43-35(45)30-12-8-7-11-29(30)24-13-17-28(18-14-24)36(37,38)39/h4-20,22,32,40H,2-3,21,23H2,1H3,(H,42,44)(H,41,43,45)/t32-/m1/s1. The number of nitrogens with one attached hydrogen (secondary N) is 3. The molecular formula is C36H33F3N4O4S. The number of hydrogen-bond donors (Lipinski definition) is 3. The fraction of sp³-hybridized carbons (Fsp3) is 0.194. The lowest BCUT2D eigenvalue weighted by atomic mass is 9.98. The molecule has 1 heterocycles. The molecule has 12 heteroatoms. The SMILES string of the molecule is CCCCS(=O)(=O)NC[C@@H](NC(=O)c1ccc2nc(NC(=O)c3ccccc3-c3ccc(C(F)(F)F)cc3)ccc2c1)c1ccccc1. The maximum Gasteiger partial charge on any atom is 0.416 e. The summed E-state index contributed by atoms with van der Waals surface area (Å²) in [5.41, 5.74) is 1.97. The summed E-state index contributed by atoms with van der Waals surface area (Å²) in [6.45, 7) is 1.90. The molecule has 3 N–H and O–H groups in total. The van der Waals surface area contributed by atoms with Crippen molar-refractivity contribution in [2.75, 3.05) is 17.6 Å². The van der Waals surface area contributed by atoms with Crippen LogP contribution in [-0.2, 0) is 16.2 Å². The van der Waals surface area contributed by atoms with Crippen molar-refractivity contribution in [3.63, 3.8) is 0 Å². The highest BCUT2D eigenvalue weighted by Gasteiger charge is 2.30. The number of alkyl halides is 3. The van der Waals surface area contributed by atoms with E-state index in [9.17, 15) is 31.2 Å². The topological polar surface area (TPSA) is 117 Å². The molecule has 0 saturated heterocycles. The van der Waals surface area contributed by atoms with Gasteiger partial charge in [0.15, 0.2) is 0 Å². The van der Waals surface area contributed by atoms with Crippen LogP contribution in [0.5, 0.6) is 0 Å². The number of benzene rings is 4. The van der Waals surface area contributed by atoms with Gasteiger partial charge in [-0.1, -0.05) is 74.0 Å². The molecule has 1 atom stereocenters. The van der Waals surface area contributed by atoms with Gasteiger partial charge in [0, 0.05) is 23.1 Å². The van der Waals surface area contributed by atoms with E-state index in [1.54, 1.807) is 54.6 Å². The van der Waals surface area contributed by atoms with Crippen LogP contribution in [0.3, 0.4) is 0 Å². The molecule has 2 amide bonds. The number of rotatable bonds is 12. The van der Waals surface area contributed by atoms with Crippen LogP contribution < -0.4 is 15.4 Å². The zero-order valence-corrected chi connectivity index (χ0v) is 26.7. The summed E-state index contributed by atoms with van der Waals surface area (Å²) in [4.78, 5) is 31.1. The molecule has 0 aliphatic heterocycles. The van der Waals surface area contributed by atoms with E-state index in [-0.39, 0.29) is 23.7 Å². The zero-order valence-electron chi connectivity index (χ0n) is 25.9. The van der Waals surface area contributed by atoms with Crippen LogP contribution in [0, 0.1) is 0 Å². The molecule has 0 radical (unpaired) electrons. The molecule has 248 valence electrons. The highest BCUT2D eigenvalue weighted by atomic mass is 32.2. The first-order chi connectivity index (χ1) is 22.9. The number of carbonyl (C=O) groups excluding carboxylic acids is 2. The smallest absolute Gasteiger partial charge is 0.344 e. The second-order valence-corrected chi connectivity index (χ2v) is 13.1. The minimum atomic E-state index is -4.47. The minimum absolute atomic E-state index is 0.00470. The summed E-state index contributed by atoms with van der Waals surface area (Å²) in [7, 11) is -3.51. The number of anilines is 1. The van der Waals surface area contributed by atoms with E-state index < -0.39 is 39.6 Å². The van der Waals surface area contributed by atoms with E-state index in [4.69, 9.17) is 0 Å². The van der Waals surface area contributed by atoms with Crippen LogP contribution in [0.4, 0.5) is 19.0 Å². The van der Waals surface area contributed by atoms with Crippen molar-refractivity contribution in [3.8, 4) is 11.1 Å². The largest absolute Gasteiger partial charge is 0.416 e. The van der Waals surface area contributed by atoms with Crippen LogP contribution in [0.25, 0.3) is 22.0 Å². The van der Waals surface area contributed by atoms with Gasteiger partial charge in [-0.25, -0.2) is 18.1 Å². The number of carbonyl (C=O) groups is 2. The Hall–Kier alpha value is -5.07. The van der Waals surface area contributed by atoms with Gasteiger partial charge < -0.3 is 10.6 Å². The van der Waals surface area contributed by atoms with Crippen molar-refractivity contribution in [1.82, 2.24) is 15.0 Å². The number of unbranched alkanes of at least 4 members (excludes halogenated alkanes) is 1. The number of halogens is 3. The average Bonchev–Trinajstić information content (AvgIpc) is 3.09.